The van der Waals surface area contributed by atoms with Crippen LogP contribution in [0.15, 0.2) is 0 Å². The van der Waals surface area contributed by atoms with Crippen molar-refractivity contribution in [3.05, 3.63) is 0 Å². The van der Waals surface area contributed by atoms with Crippen molar-refractivity contribution in [2.45, 2.75) is 51.5 Å². The molecule has 0 radical (unpaired) electrons. The molecule has 0 saturated carbocycles. The van der Waals surface area contributed by atoms with Crippen LogP contribution in [0.25, 0.3) is 0 Å². The Balaban J connectivity index is 4.19. The lowest BCUT2D eigenvalue weighted by Gasteiger charge is -2.23. The Morgan fingerprint density at radius 1 is 1.33 bits per heavy atom. The fraction of sp³-hybridized carbons (Fsp3) is 0.833. The van der Waals surface area contributed by atoms with Gasteiger partial charge in [-0.05, 0) is 26.0 Å². The summed E-state index contributed by atoms with van der Waals surface area (Å²) in [6.07, 6.45) is 0. The van der Waals surface area contributed by atoms with Crippen LogP contribution in [-0.4, -0.2) is 46.2 Å². The lowest BCUT2D eigenvalue weighted by molar-refractivity contribution is -0.145. The Kier molecular flexibility index (Phi) is 7.32. The number of carbonyl (C=O) groups is 2. The van der Waals surface area contributed by atoms with Crippen molar-refractivity contribution in [2.24, 2.45) is 0 Å². The minimum absolute atomic E-state index is 0.0308. The lowest BCUT2D eigenvalue weighted by Crippen LogP contribution is -2.46. The molecule has 0 aliphatic heterocycles. The molecule has 0 spiro atoms. The number of nitrogens with one attached hydrogen (secondary N) is 1. The number of carboxylic acids is 1. The van der Waals surface area contributed by atoms with Crippen LogP contribution < -0.4 is 5.32 Å². The zero-order valence-electron chi connectivity index (χ0n) is 11.6. The first-order chi connectivity index (χ1) is 8.11. The van der Waals surface area contributed by atoms with Gasteiger partial charge in [0, 0.05) is 0 Å². The molecule has 5 nitrogen and oxygen atoms in total. The number of ether oxygens (including phenoxy) is 1. The number of aliphatic carboxylic acids is 1. The summed E-state index contributed by atoms with van der Waals surface area (Å²) >= 11 is 1.47. The van der Waals surface area contributed by atoms with E-state index in [-0.39, 0.29) is 18.3 Å². The van der Waals surface area contributed by atoms with E-state index in [1.165, 1.54) is 11.8 Å². The van der Waals surface area contributed by atoms with Crippen LogP contribution in [0.3, 0.4) is 0 Å². The SMILES string of the molecule is CC(C)SCC(=O)N[C@@H](COC(C)(C)C)C(=O)O. The normalized spacial score (nSPS) is 13.4. The molecule has 0 aromatic heterocycles. The molecule has 1 amide bonds. The largest absolute Gasteiger partial charge is 0.480 e. The Morgan fingerprint density at radius 2 is 1.89 bits per heavy atom. The molecule has 6 heteroatoms. The van der Waals surface area contributed by atoms with Crippen molar-refractivity contribution in [1.29, 1.82) is 0 Å². The maximum Gasteiger partial charge on any atom is 0.328 e. The zero-order chi connectivity index (χ0) is 14.3. The third kappa shape index (κ3) is 9.30. The minimum Gasteiger partial charge on any atom is -0.480 e. The van der Waals surface area contributed by atoms with Gasteiger partial charge in [0.2, 0.25) is 5.91 Å². The summed E-state index contributed by atoms with van der Waals surface area (Å²) < 4.78 is 5.38. The highest BCUT2D eigenvalue weighted by molar-refractivity contribution is 8.00. The molecule has 2 N–H and O–H groups in total. The number of amides is 1. The predicted molar refractivity (Wildman–Crippen MR) is 72.9 cm³/mol. The van der Waals surface area contributed by atoms with Crippen molar-refractivity contribution in [3.8, 4) is 0 Å². The Bertz CT molecular complexity index is 286. The summed E-state index contributed by atoms with van der Waals surface area (Å²) in [7, 11) is 0. The summed E-state index contributed by atoms with van der Waals surface area (Å²) in [5.74, 6) is -1.10. The average Bonchev–Trinajstić information content (AvgIpc) is 2.19. The van der Waals surface area contributed by atoms with E-state index in [1.807, 2.05) is 34.6 Å². The van der Waals surface area contributed by atoms with Gasteiger partial charge >= 0.3 is 5.97 Å². The molecule has 106 valence electrons. The summed E-state index contributed by atoms with van der Waals surface area (Å²) in [5.41, 5.74) is -0.425. The second kappa shape index (κ2) is 7.63. The summed E-state index contributed by atoms with van der Waals surface area (Å²) in [4.78, 5) is 22.5. The predicted octanol–water partition coefficient (Wildman–Crippen LogP) is 1.51. The van der Waals surface area contributed by atoms with Crippen LogP contribution in [0.1, 0.15) is 34.6 Å². The molecule has 0 aliphatic carbocycles. The molecular weight excluding hydrogens is 254 g/mol. The maximum atomic E-state index is 11.5. The van der Waals surface area contributed by atoms with E-state index in [9.17, 15) is 9.59 Å². The Hall–Kier alpha value is -0.750. The minimum atomic E-state index is -1.08. The third-order valence-electron chi connectivity index (χ3n) is 1.86. The number of hydrogen-bond acceptors (Lipinski definition) is 4. The number of thioether (sulfide) groups is 1. The lowest BCUT2D eigenvalue weighted by atomic mass is 10.2. The molecule has 0 heterocycles. The molecule has 0 aliphatic rings. The van der Waals surface area contributed by atoms with Crippen LogP contribution in [0.2, 0.25) is 0 Å². The van der Waals surface area contributed by atoms with Crippen LogP contribution in [-0.2, 0) is 14.3 Å². The van der Waals surface area contributed by atoms with Crippen LogP contribution >= 0.6 is 11.8 Å². The van der Waals surface area contributed by atoms with Crippen molar-refractivity contribution in [2.75, 3.05) is 12.4 Å². The Labute approximate surface area is 113 Å². The smallest absolute Gasteiger partial charge is 0.328 e. The van der Waals surface area contributed by atoms with E-state index in [0.29, 0.717) is 5.25 Å². The van der Waals surface area contributed by atoms with Gasteiger partial charge in [-0.1, -0.05) is 13.8 Å². The van der Waals surface area contributed by atoms with Crippen molar-refractivity contribution < 1.29 is 19.4 Å². The van der Waals surface area contributed by atoms with Gasteiger partial charge in [0.05, 0.1) is 18.0 Å². The van der Waals surface area contributed by atoms with Gasteiger partial charge in [0.15, 0.2) is 6.04 Å². The molecule has 0 rings (SSSR count). The average molecular weight is 277 g/mol. The zero-order valence-corrected chi connectivity index (χ0v) is 12.5. The van der Waals surface area contributed by atoms with Crippen LogP contribution in [0.5, 0.6) is 0 Å². The molecule has 0 aromatic rings. The summed E-state index contributed by atoms with van der Waals surface area (Å²) in [6, 6.07) is -0.996. The first-order valence-corrected chi connectivity index (χ1v) is 6.94. The highest BCUT2D eigenvalue weighted by Gasteiger charge is 2.23. The van der Waals surface area contributed by atoms with Crippen LogP contribution in [0.4, 0.5) is 0 Å². The van der Waals surface area contributed by atoms with E-state index < -0.39 is 17.6 Å². The topological polar surface area (TPSA) is 75.6 Å². The van der Waals surface area contributed by atoms with E-state index in [4.69, 9.17) is 9.84 Å². The first kappa shape index (κ1) is 17.2. The summed E-state index contributed by atoms with van der Waals surface area (Å²) in [6.45, 7) is 9.44. The van der Waals surface area contributed by atoms with Crippen molar-refractivity contribution >= 4 is 23.6 Å². The van der Waals surface area contributed by atoms with Crippen LogP contribution in [0, 0.1) is 0 Å². The summed E-state index contributed by atoms with van der Waals surface area (Å²) in [5, 5.41) is 11.8. The van der Waals surface area contributed by atoms with E-state index in [0.717, 1.165) is 0 Å². The molecule has 18 heavy (non-hydrogen) atoms. The number of rotatable bonds is 7. The van der Waals surface area contributed by atoms with E-state index in [2.05, 4.69) is 5.32 Å². The molecule has 1 atom stereocenters. The van der Waals surface area contributed by atoms with Gasteiger partial charge in [-0.25, -0.2) is 4.79 Å². The molecule has 0 bridgehead atoms. The number of carbonyl (C=O) groups excluding carboxylic acids is 1. The molecule has 0 unspecified atom stereocenters. The fourth-order valence-corrected chi connectivity index (χ4v) is 1.55. The second-order valence-corrected chi connectivity index (χ2v) is 6.81. The third-order valence-corrected chi connectivity index (χ3v) is 2.96. The van der Waals surface area contributed by atoms with Gasteiger partial charge < -0.3 is 15.2 Å². The monoisotopic (exact) mass is 277 g/mol. The quantitative estimate of drug-likeness (QED) is 0.738. The van der Waals surface area contributed by atoms with Gasteiger partial charge in [-0.2, -0.15) is 0 Å². The second-order valence-electron chi connectivity index (χ2n) is 5.24. The maximum absolute atomic E-state index is 11.5. The van der Waals surface area contributed by atoms with Gasteiger partial charge in [0.1, 0.15) is 0 Å². The number of hydrogen-bond donors (Lipinski definition) is 2. The fourth-order valence-electron chi connectivity index (χ4n) is 0.986. The molecule has 0 fully saturated rings. The number of carboxylic acid groups (broad SMARTS) is 1. The van der Waals surface area contributed by atoms with E-state index >= 15 is 0 Å². The van der Waals surface area contributed by atoms with E-state index in [1.54, 1.807) is 0 Å². The first-order valence-electron chi connectivity index (χ1n) is 5.89. The standard InChI is InChI=1S/C12H23NO4S/c1-8(2)18-7-10(14)13-9(11(15)16)6-17-12(3,4)5/h8-9H,6-7H2,1-5H3,(H,13,14)(H,15,16)/t9-/m0/s1. The molecular formula is C12H23NO4S. The van der Waals surface area contributed by atoms with Crippen molar-refractivity contribution in [3.63, 3.8) is 0 Å². The highest BCUT2D eigenvalue weighted by atomic mass is 32.2. The Morgan fingerprint density at radius 3 is 2.28 bits per heavy atom. The molecule has 0 saturated heterocycles. The van der Waals surface area contributed by atoms with Gasteiger partial charge in [0.25, 0.3) is 0 Å². The van der Waals surface area contributed by atoms with Crippen molar-refractivity contribution in [1.82, 2.24) is 5.32 Å². The molecule has 0 aromatic carbocycles. The van der Waals surface area contributed by atoms with Gasteiger partial charge in [-0.3, -0.25) is 4.79 Å². The van der Waals surface area contributed by atoms with Gasteiger partial charge in [-0.15, -0.1) is 11.8 Å². The highest BCUT2D eigenvalue weighted by Crippen LogP contribution is 2.09.